The van der Waals surface area contributed by atoms with E-state index in [1.54, 1.807) is 0 Å². The number of benzene rings is 2. The Labute approximate surface area is 179 Å². The number of carbonyl (C=O) groups is 2. The first-order valence-corrected chi connectivity index (χ1v) is 9.65. The Kier molecular flexibility index (Phi) is 6.86. The minimum Gasteiger partial charge on any atom is -0.483 e. The monoisotopic (exact) mass is 424 g/mol. The summed E-state index contributed by atoms with van der Waals surface area (Å²) in [6.45, 7) is 7.13. The minimum absolute atomic E-state index is 0.0180. The van der Waals surface area contributed by atoms with Gasteiger partial charge in [0.2, 0.25) is 11.6 Å². The molecule has 162 valence electrons. The fourth-order valence-electron chi connectivity index (χ4n) is 3.02. The molecule has 0 aliphatic heterocycles. The van der Waals surface area contributed by atoms with E-state index in [1.807, 2.05) is 64.1 Å². The van der Waals surface area contributed by atoms with Gasteiger partial charge in [0.15, 0.2) is 13.2 Å². The molecule has 0 spiro atoms. The van der Waals surface area contributed by atoms with Crippen LogP contribution in [0.3, 0.4) is 0 Å². The Morgan fingerprint density at radius 2 is 1.10 bits per heavy atom. The molecule has 0 saturated heterocycles. The van der Waals surface area contributed by atoms with Crippen LogP contribution in [0.25, 0.3) is 0 Å². The highest BCUT2D eigenvalue weighted by Gasteiger charge is 2.17. The third kappa shape index (κ3) is 5.59. The minimum atomic E-state index is -0.472. The molecule has 1 aromatic heterocycles. The van der Waals surface area contributed by atoms with Crippen LogP contribution in [0.5, 0.6) is 11.5 Å². The van der Waals surface area contributed by atoms with E-state index in [9.17, 15) is 9.59 Å². The van der Waals surface area contributed by atoms with E-state index >= 15 is 0 Å². The summed E-state index contributed by atoms with van der Waals surface area (Å²) < 4.78 is 15.9. The topological polar surface area (TPSA) is 116 Å². The lowest BCUT2D eigenvalue weighted by molar-refractivity contribution is -0.119. The number of aryl methyl sites for hydroxylation is 4. The van der Waals surface area contributed by atoms with Crippen molar-refractivity contribution in [2.24, 2.45) is 0 Å². The molecule has 2 amide bonds. The number of para-hydroxylation sites is 2. The zero-order valence-electron chi connectivity index (χ0n) is 17.8. The zero-order valence-corrected chi connectivity index (χ0v) is 17.8. The molecule has 0 saturated carbocycles. The van der Waals surface area contributed by atoms with Gasteiger partial charge in [-0.25, -0.2) is 4.63 Å². The van der Waals surface area contributed by atoms with Crippen molar-refractivity contribution in [3.8, 4) is 11.5 Å². The first-order valence-electron chi connectivity index (χ1n) is 9.65. The number of nitrogens with one attached hydrogen (secondary N) is 2. The van der Waals surface area contributed by atoms with E-state index in [0.29, 0.717) is 11.5 Å². The Balaban J connectivity index is 1.54. The molecule has 0 bridgehead atoms. The molecule has 3 aromatic rings. The molecule has 0 aliphatic rings. The highest BCUT2D eigenvalue weighted by Crippen LogP contribution is 2.23. The summed E-state index contributed by atoms with van der Waals surface area (Å²) in [7, 11) is 0. The lowest BCUT2D eigenvalue weighted by Crippen LogP contribution is -2.24. The first-order chi connectivity index (χ1) is 14.8. The molecule has 31 heavy (non-hydrogen) atoms. The number of rotatable bonds is 8. The van der Waals surface area contributed by atoms with Gasteiger partial charge < -0.3 is 20.1 Å². The molecule has 2 N–H and O–H groups in total. The van der Waals surface area contributed by atoms with Gasteiger partial charge in [-0.05, 0) is 60.3 Å². The van der Waals surface area contributed by atoms with Crippen molar-refractivity contribution in [2.75, 3.05) is 23.8 Å². The Hall–Kier alpha value is -3.88. The van der Waals surface area contributed by atoms with Gasteiger partial charge >= 0.3 is 0 Å². The van der Waals surface area contributed by atoms with Crippen molar-refractivity contribution < 1.29 is 23.7 Å². The van der Waals surface area contributed by atoms with Crippen LogP contribution in [0.1, 0.15) is 22.3 Å². The second-order valence-corrected chi connectivity index (χ2v) is 7.08. The number of amides is 2. The molecule has 3 rings (SSSR count). The number of anilines is 2. The largest absolute Gasteiger partial charge is 0.483 e. The van der Waals surface area contributed by atoms with E-state index in [4.69, 9.17) is 9.47 Å². The predicted octanol–water partition coefficient (Wildman–Crippen LogP) is 3.34. The normalized spacial score (nSPS) is 10.5. The van der Waals surface area contributed by atoms with Gasteiger partial charge in [-0.15, -0.1) is 0 Å². The Morgan fingerprint density at radius 3 is 1.45 bits per heavy atom. The van der Waals surface area contributed by atoms with Crippen molar-refractivity contribution in [1.29, 1.82) is 0 Å². The van der Waals surface area contributed by atoms with Gasteiger partial charge in [-0.3, -0.25) is 9.59 Å². The van der Waals surface area contributed by atoms with Crippen LogP contribution >= 0.6 is 0 Å². The summed E-state index contributed by atoms with van der Waals surface area (Å²) >= 11 is 0. The standard InChI is InChI=1S/C22H24N4O5/c1-13-7-5-8-14(2)19(13)29-11-17(27)23-21-22(26-31-25-21)24-18(28)12-30-20-15(3)9-6-10-16(20)4/h5-10H,11-12H2,1-4H3,(H,23,25,27)(H,24,26,28). The molecule has 9 nitrogen and oxygen atoms in total. The van der Waals surface area contributed by atoms with Crippen LogP contribution in [-0.4, -0.2) is 35.3 Å². The average Bonchev–Trinajstić information content (AvgIpc) is 3.13. The van der Waals surface area contributed by atoms with Crippen LogP contribution in [0, 0.1) is 27.7 Å². The summed E-state index contributed by atoms with van der Waals surface area (Å²) in [4.78, 5) is 24.5. The number of aromatic nitrogens is 2. The fourth-order valence-corrected chi connectivity index (χ4v) is 3.02. The highest BCUT2D eigenvalue weighted by atomic mass is 16.6. The molecule has 0 unspecified atom stereocenters. The summed E-state index contributed by atoms with van der Waals surface area (Å²) in [6, 6.07) is 11.4. The Bertz CT molecular complexity index is 969. The smallest absolute Gasteiger partial charge is 0.263 e. The maximum atomic E-state index is 12.2. The highest BCUT2D eigenvalue weighted by molar-refractivity contribution is 5.98. The second kappa shape index (κ2) is 9.75. The SMILES string of the molecule is Cc1cccc(C)c1OCC(=O)Nc1nonc1NC(=O)COc1c(C)cccc1C. The number of carbonyl (C=O) groups excluding carboxylic acids is 2. The quantitative estimate of drug-likeness (QED) is 0.570. The van der Waals surface area contributed by atoms with Gasteiger partial charge in [0.1, 0.15) is 11.5 Å². The molecule has 0 fully saturated rings. The van der Waals surface area contributed by atoms with Crippen molar-refractivity contribution in [1.82, 2.24) is 10.3 Å². The summed E-state index contributed by atoms with van der Waals surface area (Å²) in [5.74, 6) is 0.313. The van der Waals surface area contributed by atoms with Crippen LogP contribution in [-0.2, 0) is 9.59 Å². The molecule has 0 aliphatic carbocycles. The lowest BCUT2D eigenvalue weighted by Gasteiger charge is -2.12. The van der Waals surface area contributed by atoms with E-state index < -0.39 is 11.8 Å². The van der Waals surface area contributed by atoms with E-state index in [1.165, 1.54) is 0 Å². The van der Waals surface area contributed by atoms with Crippen LogP contribution < -0.4 is 20.1 Å². The van der Waals surface area contributed by atoms with Crippen molar-refractivity contribution in [3.63, 3.8) is 0 Å². The predicted molar refractivity (Wildman–Crippen MR) is 114 cm³/mol. The van der Waals surface area contributed by atoms with Crippen LogP contribution in [0.15, 0.2) is 41.0 Å². The maximum absolute atomic E-state index is 12.2. The fraction of sp³-hybridized carbons (Fsp3) is 0.273. The zero-order chi connectivity index (χ0) is 22.4. The van der Waals surface area contributed by atoms with Gasteiger partial charge in [0.25, 0.3) is 11.8 Å². The van der Waals surface area contributed by atoms with Crippen molar-refractivity contribution >= 4 is 23.5 Å². The summed E-state index contributed by atoms with van der Waals surface area (Å²) in [5, 5.41) is 12.3. The second-order valence-electron chi connectivity index (χ2n) is 7.08. The van der Waals surface area contributed by atoms with Gasteiger partial charge in [-0.2, -0.15) is 0 Å². The molecule has 2 aromatic carbocycles. The summed E-state index contributed by atoms with van der Waals surface area (Å²) in [6.07, 6.45) is 0. The van der Waals surface area contributed by atoms with Crippen molar-refractivity contribution in [2.45, 2.75) is 27.7 Å². The molecule has 1 heterocycles. The van der Waals surface area contributed by atoms with Gasteiger partial charge in [-0.1, -0.05) is 36.4 Å². The van der Waals surface area contributed by atoms with Crippen LogP contribution in [0.4, 0.5) is 11.6 Å². The third-order valence-electron chi connectivity index (χ3n) is 4.52. The van der Waals surface area contributed by atoms with Crippen molar-refractivity contribution in [3.05, 3.63) is 58.7 Å². The lowest BCUT2D eigenvalue weighted by atomic mass is 10.1. The molecule has 0 atom stereocenters. The molecular weight excluding hydrogens is 400 g/mol. The first kappa shape index (κ1) is 21.8. The van der Waals surface area contributed by atoms with E-state index in [2.05, 4.69) is 25.6 Å². The molecule has 9 heteroatoms. The molecule has 0 radical (unpaired) electrons. The van der Waals surface area contributed by atoms with E-state index in [0.717, 1.165) is 22.3 Å². The third-order valence-corrected chi connectivity index (χ3v) is 4.52. The van der Waals surface area contributed by atoms with Gasteiger partial charge in [0.05, 0.1) is 0 Å². The number of ether oxygens (including phenoxy) is 2. The number of hydrogen-bond acceptors (Lipinski definition) is 7. The average molecular weight is 424 g/mol. The molecular formula is C22H24N4O5. The van der Waals surface area contributed by atoms with Gasteiger partial charge in [0, 0.05) is 0 Å². The summed E-state index contributed by atoms with van der Waals surface area (Å²) in [5.41, 5.74) is 3.70. The van der Waals surface area contributed by atoms with Crippen LogP contribution in [0.2, 0.25) is 0 Å². The maximum Gasteiger partial charge on any atom is 0.263 e. The van der Waals surface area contributed by atoms with E-state index in [-0.39, 0.29) is 24.8 Å². The number of hydrogen-bond donors (Lipinski definition) is 2. The Morgan fingerprint density at radius 1 is 0.742 bits per heavy atom. The number of nitrogens with zero attached hydrogens (tertiary/aromatic N) is 2.